The largest absolute Gasteiger partial charge is 0.449 e. The lowest BCUT2D eigenvalue weighted by molar-refractivity contribution is 0.159. The predicted molar refractivity (Wildman–Crippen MR) is 56.9 cm³/mol. The highest BCUT2D eigenvalue weighted by Crippen LogP contribution is 2.12. The zero-order valence-corrected chi connectivity index (χ0v) is 9.42. The molecule has 0 saturated heterocycles. The molecular weight excluding hydrogens is 237 g/mol. The molecule has 0 aliphatic rings. The maximum Gasteiger partial charge on any atom is 0.412 e. The van der Waals surface area contributed by atoms with Crippen LogP contribution in [-0.2, 0) is 4.74 Å². The molecular formula is C9H11ClFN3O2. The van der Waals surface area contributed by atoms with Crippen LogP contribution in [0.5, 0.6) is 0 Å². The molecule has 0 aromatic carbocycles. The van der Waals surface area contributed by atoms with Gasteiger partial charge < -0.3 is 4.74 Å². The standard InChI is InChI=1S/C9H11ClFN3O2/c1-2-3-4-16-9(15)14-7-6(11)5-12-8(10)13-7/h5H,2-4H2,1H3,(H,12,13,14,15). The second-order valence-electron chi connectivity index (χ2n) is 2.95. The Morgan fingerprint density at radius 1 is 1.69 bits per heavy atom. The molecule has 0 saturated carbocycles. The summed E-state index contributed by atoms with van der Waals surface area (Å²) in [5, 5.41) is 1.99. The SMILES string of the molecule is CCCCOC(=O)Nc1nc(Cl)ncc1F. The number of hydrogen-bond acceptors (Lipinski definition) is 4. The van der Waals surface area contributed by atoms with Crippen LogP contribution in [0.1, 0.15) is 19.8 Å². The zero-order valence-electron chi connectivity index (χ0n) is 8.67. The number of aromatic nitrogens is 2. The van der Waals surface area contributed by atoms with Crippen LogP contribution in [0.3, 0.4) is 0 Å². The molecule has 1 amide bonds. The van der Waals surface area contributed by atoms with Gasteiger partial charge in [0.25, 0.3) is 0 Å². The summed E-state index contributed by atoms with van der Waals surface area (Å²) < 4.78 is 17.8. The number of carbonyl (C=O) groups is 1. The van der Waals surface area contributed by atoms with Gasteiger partial charge in [0.05, 0.1) is 12.8 Å². The molecule has 1 aromatic heterocycles. The van der Waals surface area contributed by atoms with Crippen molar-refractivity contribution in [2.75, 3.05) is 11.9 Å². The Morgan fingerprint density at radius 3 is 3.12 bits per heavy atom. The smallest absolute Gasteiger partial charge is 0.412 e. The molecule has 0 atom stereocenters. The van der Waals surface area contributed by atoms with Crippen LogP contribution in [0.25, 0.3) is 0 Å². The lowest BCUT2D eigenvalue weighted by Crippen LogP contribution is -2.16. The number of hydrogen-bond donors (Lipinski definition) is 1. The van der Waals surface area contributed by atoms with Gasteiger partial charge in [0, 0.05) is 0 Å². The third-order valence-corrected chi connectivity index (χ3v) is 1.85. The van der Waals surface area contributed by atoms with Crippen LogP contribution >= 0.6 is 11.6 Å². The van der Waals surface area contributed by atoms with Crippen molar-refractivity contribution < 1.29 is 13.9 Å². The average molecular weight is 248 g/mol. The number of halogens is 2. The monoisotopic (exact) mass is 247 g/mol. The van der Waals surface area contributed by atoms with Crippen molar-refractivity contribution in [1.29, 1.82) is 0 Å². The normalized spacial score (nSPS) is 9.94. The van der Waals surface area contributed by atoms with Gasteiger partial charge in [-0.1, -0.05) is 13.3 Å². The third-order valence-electron chi connectivity index (χ3n) is 1.67. The molecule has 0 fully saturated rings. The summed E-state index contributed by atoms with van der Waals surface area (Å²) in [5.74, 6) is -1.06. The summed E-state index contributed by atoms with van der Waals surface area (Å²) in [7, 11) is 0. The fraction of sp³-hybridized carbons (Fsp3) is 0.444. The minimum absolute atomic E-state index is 0.148. The lowest BCUT2D eigenvalue weighted by atomic mass is 10.4. The van der Waals surface area contributed by atoms with E-state index in [9.17, 15) is 9.18 Å². The van der Waals surface area contributed by atoms with Gasteiger partial charge in [0.15, 0.2) is 11.6 Å². The first-order valence-corrected chi connectivity index (χ1v) is 5.13. The molecule has 0 radical (unpaired) electrons. The molecule has 16 heavy (non-hydrogen) atoms. The van der Waals surface area contributed by atoms with E-state index in [0.29, 0.717) is 0 Å². The highest BCUT2D eigenvalue weighted by Gasteiger charge is 2.10. The number of carbonyl (C=O) groups excluding carboxylic acids is 1. The minimum atomic E-state index is -0.767. The predicted octanol–water partition coefficient (Wildman–Crippen LogP) is 2.62. The summed E-state index contributed by atoms with van der Waals surface area (Å²) >= 11 is 5.45. The van der Waals surface area contributed by atoms with Gasteiger partial charge in [-0.25, -0.2) is 14.2 Å². The number of nitrogens with one attached hydrogen (secondary N) is 1. The van der Waals surface area contributed by atoms with E-state index < -0.39 is 11.9 Å². The Bertz CT molecular complexity index is 376. The van der Waals surface area contributed by atoms with Gasteiger partial charge >= 0.3 is 6.09 Å². The first kappa shape index (κ1) is 12.6. The first-order valence-electron chi connectivity index (χ1n) is 4.75. The van der Waals surface area contributed by atoms with E-state index in [1.807, 2.05) is 6.92 Å². The van der Waals surface area contributed by atoms with Crippen LogP contribution in [0.4, 0.5) is 15.0 Å². The van der Waals surface area contributed by atoms with Crippen molar-refractivity contribution in [3.05, 3.63) is 17.3 Å². The average Bonchev–Trinajstić information content (AvgIpc) is 2.24. The van der Waals surface area contributed by atoms with Crippen molar-refractivity contribution in [2.45, 2.75) is 19.8 Å². The van der Waals surface area contributed by atoms with E-state index in [2.05, 4.69) is 15.3 Å². The number of unbranched alkanes of at least 4 members (excludes halogenated alkanes) is 1. The maximum atomic E-state index is 13.1. The van der Waals surface area contributed by atoms with E-state index in [-0.39, 0.29) is 17.7 Å². The molecule has 0 aliphatic heterocycles. The first-order chi connectivity index (χ1) is 7.63. The molecule has 1 N–H and O–H groups in total. The van der Waals surface area contributed by atoms with Crippen LogP contribution in [0.2, 0.25) is 5.28 Å². The maximum absolute atomic E-state index is 13.1. The molecule has 5 nitrogen and oxygen atoms in total. The fourth-order valence-corrected chi connectivity index (χ4v) is 1.01. The Kier molecular flexibility index (Phi) is 4.91. The van der Waals surface area contributed by atoms with Gasteiger partial charge in [0.2, 0.25) is 5.28 Å². The summed E-state index contributed by atoms with van der Waals surface area (Å²) in [6.07, 6.45) is 1.76. The van der Waals surface area contributed by atoms with E-state index in [1.54, 1.807) is 0 Å². The molecule has 0 bridgehead atoms. The fourth-order valence-electron chi connectivity index (χ4n) is 0.875. The number of ether oxygens (including phenoxy) is 1. The minimum Gasteiger partial charge on any atom is -0.449 e. The van der Waals surface area contributed by atoms with E-state index in [0.717, 1.165) is 19.0 Å². The number of nitrogens with zero attached hydrogens (tertiary/aromatic N) is 2. The summed E-state index contributed by atoms with van der Waals surface area (Å²) in [6, 6.07) is 0. The highest BCUT2D eigenvalue weighted by atomic mass is 35.5. The van der Waals surface area contributed by atoms with Crippen molar-refractivity contribution >= 4 is 23.5 Å². The van der Waals surface area contributed by atoms with Crippen molar-refractivity contribution in [1.82, 2.24) is 9.97 Å². The third kappa shape index (κ3) is 3.98. The van der Waals surface area contributed by atoms with Gasteiger partial charge in [-0.2, -0.15) is 4.98 Å². The quantitative estimate of drug-likeness (QED) is 0.656. The van der Waals surface area contributed by atoms with Crippen LogP contribution in [0, 0.1) is 5.82 Å². The second kappa shape index (κ2) is 6.22. The Labute approximate surface area is 97.0 Å². The highest BCUT2D eigenvalue weighted by molar-refractivity contribution is 6.28. The molecule has 0 unspecified atom stereocenters. The van der Waals surface area contributed by atoms with Crippen molar-refractivity contribution in [3.63, 3.8) is 0 Å². The van der Waals surface area contributed by atoms with Crippen molar-refractivity contribution in [3.8, 4) is 0 Å². The Morgan fingerprint density at radius 2 is 2.44 bits per heavy atom. The number of rotatable bonds is 4. The zero-order chi connectivity index (χ0) is 12.0. The summed E-state index contributed by atoms with van der Waals surface area (Å²) in [5.41, 5.74) is 0. The van der Waals surface area contributed by atoms with E-state index in [4.69, 9.17) is 16.3 Å². The van der Waals surface area contributed by atoms with E-state index >= 15 is 0 Å². The summed E-state index contributed by atoms with van der Waals surface area (Å²) in [4.78, 5) is 18.1. The van der Waals surface area contributed by atoms with Gasteiger partial charge in [-0.15, -0.1) is 0 Å². The second-order valence-corrected chi connectivity index (χ2v) is 3.29. The molecule has 88 valence electrons. The molecule has 1 aromatic rings. The number of anilines is 1. The van der Waals surface area contributed by atoms with Crippen LogP contribution < -0.4 is 5.32 Å². The van der Waals surface area contributed by atoms with Gasteiger partial charge in [-0.3, -0.25) is 5.32 Å². The lowest BCUT2D eigenvalue weighted by Gasteiger charge is -2.06. The molecule has 0 spiro atoms. The molecule has 0 aliphatic carbocycles. The topological polar surface area (TPSA) is 64.1 Å². The molecule has 1 heterocycles. The van der Waals surface area contributed by atoms with Crippen LogP contribution in [-0.4, -0.2) is 22.7 Å². The Hall–Kier alpha value is -1.43. The number of amides is 1. The molecule has 7 heteroatoms. The van der Waals surface area contributed by atoms with E-state index in [1.165, 1.54) is 0 Å². The Balaban J connectivity index is 2.52. The van der Waals surface area contributed by atoms with Gasteiger partial charge in [0.1, 0.15) is 0 Å². The molecule has 1 rings (SSSR count). The van der Waals surface area contributed by atoms with Gasteiger partial charge in [-0.05, 0) is 18.0 Å². The summed E-state index contributed by atoms with van der Waals surface area (Å²) in [6.45, 7) is 2.24. The van der Waals surface area contributed by atoms with Crippen LogP contribution in [0.15, 0.2) is 6.20 Å². The van der Waals surface area contributed by atoms with Crippen molar-refractivity contribution in [2.24, 2.45) is 0 Å².